The highest BCUT2D eigenvalue weighted by Crippen LogP contribution is 2.27. The van der Waals surface area contributed by atoms with Gasteiger partial charge in [-0.1, -0.05) is 29.5 Å². The number of benzene rings is 2. The first-order valence-corrected chi connectivity index (χ1v) is 9.31. The van der Waals surface area contributed by atoms with Crippen molar-refractivity contribution in [1.29, 1.82) is 0 Å². The Labute approximate surface area is 159 Å². The normalized spacial score (nSPS) is 11.2. The zero-order chi connectivity index (χ0) is 19.0. The van der Waals surface area contributed by atoms with Gasteiger partial charge < -0.3 is 15.0 Å². The molecule has 2 aromatic heterocycles. The van der Waals surface area contributed by atoms with Gasteiger partial charge in [-0.2, -0.15) is 0 Å². The summed E-state index contributed by atoms with van der Waals surface area (Å²) in [6.07, 6.45) is 0. The van der Waals surface area contributed by atoms with Gasteiger partial charge in [0, 0.05) is 24.2 Å². The number of anilines is 1. The number of phenolic OH excluding ortho intramolecular Hbond substituents is 1. The smallest absolute Gasteiger partial charge is 0.234 e. The van der Waals surface area contributed by atoms with Crippen molar-refractivity contribution in [2.75, 3.05) is 11.1 Å². The van der Waals surface area contributed by atoms with Crippen LogP contribution >= 0.6 is 11.8 Å². The summed E-state index contributed by atoms with van der Waals surface area (Å²) in [5, 5.41) is 22.1. The summed E-state index contributed by atoms with van der Waals surface area (Å²) in [4.78, 5) is 16.7. The summed E-state index contributed by atoms with van der Waals surface area (Å²) in [7, 11) is 1.94. The third-order valence-corrected chi connectivity index (χ3v) is 5.04. The molecule has 7 nitrogen and oxygen atoms in total. The molecule has 136 valence electrons. The lowest BCUT2D eigenvalue weighted by molar-refractivity contribution is -0.113. The van der Waals surface area contributed by atoms with Gasteiger partial charge in [0.05, 0.1) is 11.3 Å². The highest BCUT2D eigenvalue weighted by Gasteiger charge is 2.14. The first kappa shape index (κ1) is 17.3. The Hall–Kier alpha value is -3.13. The first-order chi connectivity index (χ1) is 13.0. The predicted octanol–water partition coefficient (Wildman–Crippen LogP) is 3.26. The lowest BCUT2D eigenvalue weighted by atomic mass is 10.2. The van der Waals surface area contributed by atoms with Crippen LogP contribution in [0.4, 0.5) is 5.69 Å². The fourth-order valence-electron chi connectivity index (χ4n) is 2.93. The molecule has 0 aliphatic carbocycles. The number of nitrogens with one attached hydrogen (secondary N) is 1. The third kappa shape index (κ3) is 3.43. The van der Waals surface area contributed by atoms with Gasteiger partial charge in [0.25, 0.3) is 0 Å². The lowest BCUT2D eigenvalue weighted by Gasteiger charge is -2.05. The van der Waals surface area contributed by atoms with Crippen LogP contribution in [0, 0.1) is 6.92 Å². The van der Waals surface area contributed by atoms with E-state index in [1.807, 2.05) is 24.6 Å². The molecule has 27 heavy (non-hydrogen) atoms. The Bertz CT molecular complexity index is 1170. The highest BCUT2D eigenvalue weighted by atomic mass is 32.2. The number of aromatic hydroxyl groups is 1. The number of amides is 1. The van der Waals surface area contributed by atoms with Crippen molar-refractivity contribution in [2.24, 2.45) is 7.05 Å². The molecule has 0 radical (unpaired) electrons. The van der Waals surface area contributed by atoms with E-state index in [1.165, 1.54) is 17.8 Å². The predicted molar refractivity (Wildman–Crippen MR) is 106 cm³/mol. The van der Waals surface area contributed by atoms with Gasteiger partial charge in [0.15, 0.2) is 5.65 Å². The molecule has 4 rings (SSSR count). The summed E-state index contributed by atoms with van der Waals surface area (Å²) in [6, 6.07) is 12.6. The van der Waals surface area contributed by atoms with Crippen molar-refractivity contribution < 1.29 is 9.90 Å². The molecule has 0 atom stereocenters. The Balaban J connectivity index is 1.53. The quantitative estimate of drug-likeness (QED) is 0.529. The Morgan fingerprint density at radius 1 is 1.22 bits per heavy atom. The van der Waals surface area contributed by atoms with Crippen molar-refractivity contribution in [3.8, 4) is 5.75 Å². The van der Waals surface area contributed by atoms with Gasteiger partial charge >= 0.3 is 0 Å². The molecular weight excluding hydrogens is 362 g/mol. The minimum atomic E-state index is -0.207. The van der Waals surface area contributed by atoms with Crippen LogP contribution < -0.4 is 5.32 Å². The second-order valence-electron chi connectivity index (χ2n) is 6.23. The molecule has 2 aromatic carbocycles. The van der Waals surface area contributed by atoms with Crippen molar-refractivity contribution in [1.82, 2.24) is 19.7 Å². The number of carbonyl (C=O) groups excluding carboxylic acids is 1. The van der Waals surface area contributed by atoms with Gasteiger partial charge in [-0.05, 0) is 31.2 Å². The molecule has 4 aromatic rings. The molecule has 2 heterocycles. The number of fused-ring (bicyclic) bond motifs is 3. The van der Waals surface area contributed by atoms with Gasteiger partial charge in [-0.3, -0.25) is 4.79 Å². The number of carbonyl (C=O) groups is 1. The van der Waals surface area contributed by atoms with E-state index in [0.717, 1.165) is 27.6 Å². The lowest BCUT2D eigenvalue weighted by Crippen LogP contribution is -2.14. The second kappa shape index (κ2) is 6.88. The fourth-order valence-corrected chi connectivity index (χ4v) is 3.51. The average Bonchev–Trinajstić information content (AvgIpc) is 2.91. The Morgan fingerprint density at radius 2 is 2.07 bits per heavy atom. The van der Waals surface area contributed by atoms with Crippen LogP contribution in [0.3, 0.4) is 0 Å². The zero-order valence-corrected chi connectivity index (χ0v) is 15.6. The van der Waals surface area contributed by atoms with E-state index in [2.05, 4.69) is 32.6 Å². The van der Waals surface area contributed by atoms with Crippen LogP contribution in [0.2, 0.25) is 0 Å². The van der Waals surface area contributed by atoms with Crippen LogP contribution in [0.1, 0.15) is 5.56 Å². The van der Waals surface area contributed by atoms with Crippen molar-refractivity contribution in [3.63, 3.8) is 0 Å². The topological polar surface area (TPSA) is 92.9 Å². The molecule has 0 saturated heterocycles. The third-order valence-electron chi connectivity index (χ3n) is 4.20. The largest absolute Gasteiger partial charge is 0.508 e. The molecule has 2 N–H and O–H groups in total. The number of nitrogens with zero attached hydrogens (tertiary/aromatic N) is 4. The molecule has 0 saturated carbocycles. The molecule has 0 aliphatic heterocycles. The van der Waals surface area contributed by atoms with Crippen LogP contribution in [0.25, 0.3) is 22.1 Å². The summed E-state index contributed by atoms with van der Waals surface area (Å²) in [6.45, 7) is 2.04. The van der Waals surface area contributed by atoms with Gasteiger partial charge in [-0.15, -0.1) is 10.2 Å². The van der Waals surface area contributed by atoms with Crippen LogP contribution in [0.15, 0.2) is 47.6 Å². The number of thioether (sulfide) groups is 1. The van der Waals surface area contributed by atoms with E-state index >= 15 is 0 Å². The summed E-state index contributed by atoms with van der Waals surface area (Å²) in [5.74, 6) is 0.0396. The molecule has 0 fully saturated rings. The fraction of sp³-hybridized carbons (Fsp3) is 0.158. The van der Waals surface area contributed by atoms with Crippen LogP contribution in [0.5, 0.6) is 5.75 Å². The van der Waals surface area contributed by atoms with Gasteiger partial charge in [0.1, 0.15) is 11.3 Å². The number of rotatable bonds is 4. The number of hydrogen-bond donors (Lipinski definition) is 2. The standard InChI is InChI=1S/C19H17N5O2S/c1-11-6-7-15-14(8-11)17-18(24(15)2)21-19(23-22-17)27-10-16(26)20-12-4-3-5-13(25)9-12/h3-9,25H,10H2,1-2H3,(H,20,26). The minimum Gasteiger partial charge on any atom is -0.508 e. The SMILES string of the molecule is Cc1ccc2c(c1)c1nnc(SCC(=O)Nc3cccc(O)c3)nc1n2C. The Morgan fingerprint density at radius 3 is 2.89 bits per heavy atom. The number of phenols is 1. The first-order valence-electron chi connectivity index (χ1n) is 8.32. The van der Waals surface area contributed by atoms with Crippen molar-refractivity contribution in [2.45, 2.75) is 12.1 Å². The van der Waals surface area contributed by atoms with Gasteiger partial charge in [-0.25, -0.2) is 4.98 Å². The minimum absolute atomic E-state index is 0.101. The molecule has 0 unspecified atom stereocenters. The maximum atomic E-state index is 12.1. The molecule has 8 heteroatoms. The average molecular weight is 379 g/mol. The molecule has 0 spiro atoms. The number of aromatic nitrogens is 4. The maximum absolute atomic E-state index is 12.1. The van der Waals surface area contributed by atoms with E-state index in [-0.39, 0.29) is 17.4 Å². The van der Waals surface area contributed by atoms with Crippen LogP contribution in [-0.2, 0) is 11.8 Å². The maximum Gasteiger partial charge on any atom is 0.234 e. The summed E-state index contributed by atoms with van der Waals surface area (Å²) >= 11 is 1.22. The van der Waals surface area contributed by atoms with Crippen molar-refractivity contribution >= 4 is 45.4 Å². The number of aryl methyl sites for hydroxylation is 2. The monoisotopic (exact) mass is 379 g/mol. The summed E-state index contributed by atoms with van der Waals surface area (Å²) < 4.78 is 1.98. The second-order valence-corrected chi connectivity index (χ2v) is 7.18. The molecule has 1 amide bonds. The molecular formula is C19H17N5O2S. The van der Waals surface area contributed by atoms with E-state index in [0.29, 0.717) is 10.8 Å². The van der Waals surface area contributed by atoms with Crippen molar-refractivity contribution in [3.05, 3.63) is 48.0 Å². The van der Waals surface area contributed by atoms with E-state index in [1.54, 1.807) is 18.2 Å². The molecule has 0 aliphatic rings. The van der Waals surface area contributed by atoms with Crippen LogP contribution in [-0.4, -0.2) is 36.5 Å². The zero-order valence-electron chi connectivity index (χ0n) is 14.8. The Kier molecular flexibility index (Phi) is 4.41. The number of hydrogen-bond acceptors (Lipinski definition) is 6. The van der Waals surface area contributed by atoms with E-state index < -0.39 is 0 Å². The van der Waals surface area contributed by atoms with Gasteiger partial charge in [0.2, 0.25) is 11.1 Å². The van der Waals surface area contributed by atoms with E-state index in [9.17, 15) is 9.90 Å². The van der Waals surface area contributed by atoms with E-state index in [4.69, 9.17) is 0 Å². The summed E-state index contributed by atoms with van der Waals surface area (Å²) in [5.41, 5.74) is 4.23. The molecule has 0 bridgehead atoms. The highest BCUT2D eigenvalue weighted by molar-refractivity contribution is 7.99.